The van der Waals surface area contributed by atoms with Gasteiger partial charge >= 0.3 is 0 Å². The smallest absolute Gasteiger partial charge is 0.296 e. The molecule has 208 valence electrons. The third-order valence-electron chi connectivity index (χ3n) is 7.88. The minimum atomic E-state index is -2.80. The van der Waals surface area contributed by atoms with E-state index in [1.54, 1.807) is 35.2 Å². The summed E-state index contributed by atoms with van der Waals surface area (Å²) in [6.07, 6.45) is 0.293. The Hall–Kier alpha value is -3.38. The average molecular weight is 543 g/mol. The number of hydrogen-bond acceptors (Lipinski definition) is 8. The van der Waals surface area contributed by atoms with E-state index in [2.05, 4.69) is 15.0 Å². The summed E-state index contributed by atoms with van der Waals surface area (Å²) >= 11 is 0. The number of hydrogen-bond donors (Lipinski definition) is 1. The average Bonchev–Trinajstić information content (AvgIpc) is 3.35. The summed E-state index contributed by atoms with van der Waals surface area (Å²) in [7, 11) is 0. The largest absolute Gasteiger partial charge is 0.470 e. The molecule has 6 rings (SSSR count). The molecule has 1 saturated carbocycles. The second kappa shape index (κ2) is 11.0. The number of carbonyl (C=O) groups excluding carboxylic acids is 1. The van der Waals surface area contributed by atoms with Crippen molar-refractivity contribution in [3.8, 4) is 11.7 Å². The number of amides is 1. The maximum absolute atomic E-state index is 14.1. The van der Waals surface area contributed by atoms with Crippen molar-refractivity contribution >= 4 is 22.9 Å². The molecule has 0 atom stereocenters. The Balaban J connectivity index is 1.24. The van der Waals surface area contributed by atoms with Crippen LogP contribution in [0, 0.1) is 11.8 Å². The number of aliphatic hydroxyl groups is 1. The van der Waals surface area contributed by atoms with Gasteiger partial charge in [-0.15, -0.1) is 0 Å². The Bertz CT molecular complexity index is 1320. The molecule has 1 aliphatic carbocycles. The number of fused-ring (bicyclic) bond motifs is 1. The number of alkyl halides is 2. The Kier molecular flexibility index (Phi) is 7.30. The number of likely N-dealkylation sites (tertiary alicyclic amines) is 1. The molecular formula is C27H32F2N6O4. The summed E-state index contributed by atoms with van der Waals surface area (Å²) in [5.41, 5.74) is 0.963. The van der Waals surface area contributed by atoms with Gasteiger partial charge in [0.05, 0.1) is 37.3 Å². The molecule has 39 heavy (non-hydrogen) atoms. The number of imidazole rings is 1. The highest BCUT2D eigenvalue weighted by Gasteiger charge is 2.37. The Labute approximate surface area is 224 Å². The van der Waals surface area contributed by atoms with Crippen molar-refractivity contribution in [3.63, 3.8) is 0 Å². The van der Waals surface area contributed by atoms with Gasteiger partial charge in [0.2, 0.25) is 17.7 Å². The highest BCUT2D eigenvalue weighted by Crippen LogP contribution is 2.33. The molecule has 3 aromatic rings. The van der Waals surface area contributed by atoms with Gasteiger partial charge in [-0.05, 0) is 43.7 Å². The van der Waals surface area contributed by atoms with E-state index in [0.717, 1.165) is 25.7 Å². The van der Waals surface area contributed by atoms with Gasteiger partial charge in [0.1, 0.15) is 11.9 Å². The van der Waals surface area contributed by atoms with E-state index in [1.807, 2.05) is 4.90 Å². The molecule has 4 heterocycles. The summed E-state index contributed by atoms with van der Waals surface area (Å²) in [5.74, 6) is 0.914. The molecular weight excluding hydrogens is 510 g/mol. The van der Waals surface area contributed by atoms with Gasteiger partial charge < -0.3 is 24.4 Å². The van der Waals surface area contributed by atoms with E-state index in [1.165, 1.54) is 4.57 Å². The lowest BCUT2D eigenvalue weighted by atomic mass is 9.81. The molecule has 1 amide bonds. The number of nitrogens with zero attached hydrogens (tertiary/aromatic N) is 6. The van der Waals surface area contributed by atoms with E-state index in [4.69, 9.17) is 9.47 Å². The van der Waals surface area contributed by atoms with Gasteiger partial charge in [0, 0.05) is 31.7 Å². The molecule has 2 aliphatic heterocycles. The Morgan fingerprint density at radius 2 is 1.82 bits per heavy atom. The molecule has 10 nitrogen and oxygen atoms in total. The monoisotopic (exact) mass is 542 g/mol. The lowest BCUT2D eigenvalue weighted by molar-refractivity contribution is -0.146. The van der Waals surface area contributed by atoms with Crippen LogP contribution in [0.1, 0.15) is 37.9 Å². The second-order valence-corrected chi connectivity index (χ2v) is 10.4. The zero-order valence-corrected chi connectivity index (χ0v) is 21.6. The predicted octanol–water partition coefficient (Wildman–Crippen LogP) is 2.98. The summed E-state index contributed by atoms with van der Waals surface area (Å²) in [6.45, 7) is 3.24. The van der Waals surface area contributed by atoms with Gasteiger partial charge in [0.25, 0.3) is 6.43 Å². The lowest BCUT2D eigenvalue weighted by Crippen LogP contribution is -2.58. The van der Waals surface area contributed by atoms with E-state index >= 15 is 0 Å². The van der Waals surface area contributed by atoms with Crippen molar-refractivity contribution in [3.05, 3.63) is 36.2 Å². The Morgan fingerprint density at radius 3 is 2.54 bits per heavy atom. The number of rotatable bonds is 7. The van der Waals surface area contributed by atoms with Crippen molar-refractivity contribution in [2.45, 2.75) is 38.2 Å². The van der Waals surface area contributed by atoms with Crippen molar-refractivity contribution in [2.24, 2.45) is 11.8 Å². The van der Waals surface area contributed by atoms with Crippen LogP contribution in [-0.4, -0.2) is 87.5 Å². The fourth-order valence-electron chi connectivity index (χ4n) is 5.63. The van der Waals surface area contributed by atoms with Crippen LogP contribution >= 0.6 is 0 Å². The number of morpholine rings is 1. The molecule has 1 N–H and O–H groups in total. The van der Waals surface area contributed by atoms with Gasteiger partial charge in [-0.1, -0.05) is 12.1 Å². The normalized spacial score (nSPS) is 22.4. The molecule has 2 saturated heterocycles. The van der Waals surface area contributed by atoms with Crippen molar-refractivity contribution in [2.75, 3.05) is 50.9 Å². The van der Waals surface area contributed by atoms with Gasteiger partial charge in [-0.25, -0.2) is 13.8 Å². The van der Waals surface area contributed by atoms with Gasteiger partial charge in [-0.2, -0.15) is 9.97 Å². The Morgan fingerprint density at radius 1 is 1.08 bits per heavy atom. The SMILES string of the molecule is O=C(C1CCC(CO)CC1)N1CC(Oc2cc(-n3c(C(F)F)nc4ccccc43)nc(N3CCOCC3)n2)C1. The van der Waals surface area contributed by atoms with Crippen LogP contribution in [0.25, 0.3) is 16.9 Å². The topological polar surface area (TPSA) is 106 Å². The zero-order valence-electron chi connectivity index (χ0n) is 21.6. The fourth-order valence-corrected chi connectivity index (χ4v) is 5.63. The third-order valence-corrected chi connectivity index (χ3v) is 7.88. The van der Waals surface area contributed by atoms with Crippen LogP contribution in [0.5, 0.6) is 5.88 Å². The van der Waals surface area contributed by atoms with Crippen LogP contribution in [0.2, 0.25) is 0 Å². The number of anilines is 1. The molecule has 0 bridgehead atoms. The van der Waals surface area contributed by atoms with Crippen LogP contribution < -0.4 is 9.64 Å². The molecule has 0 radical (unpaired) electrons. The molecule has 2 aromatic heterocycles. The van der Waals surface area contributed by atoms with E-state index in [0.29, 0.717) is 62.3 Å². The fraction of sp³-hybridized carbons (Fsp3) is 0.556. The number of aliphatic hydroxyl groups excluding tert-OH is 1. The number of carbonyl (C=O) groups is 1. The number of para-hydroxylation sites is 2. The molecule has 0 spiro atoms. The van der Waals surface area contributed by atoms with E-state index in [-0.39, 0.29) is 36.2 Å². The summed E-state index contributed by atoms with van der Waals surface area (Å²) < 4.78 is 41.1. The minimum Gasteiger partial charge on any atom is -0.470 e. The quantitative estimate of drug-likeness (QED) is 0.486. The first kappa shape index (κ1) is 25.9. The van der Waals surface area contributed by atoms with E-state index in [9.17, 15) is 18.7 Å². The van der Waals surface area contributed by atoms with Crippen molar-refractivity contribution in [1.82, 2.24) is 24.4 Å². The number of benzene rings is 1. The first-order chi connectivity index (χ1) is 19.0. The number of aromatic nitrogens is 4. The van der Waals surface area contributed by atoms with Crippen LogP contribution in [-0.2, 0) is 9.53 Å². The first-order valence-corrected chi connectivity index (χ1v) is 13.5. The zero-order chi connectivity index (χ0) is 26.9. The molecule has 3 aliphatic rings. The summed E-state index contributed by atoms with van der Waals surface area (Å²) in [5, 5.41) is 9.36. The van der Waals surface area contributed by atoms with Gasteiger partial charge in [0.15, 0.2) is 5.82 Å². The maximum atomic E-state index is 14.1. The third kappa shape index (κ3) is 5.27. The standard InChI is InChI=1S/C27H32F2N6O4/c28-24(29)25-30-20-3-1-2-4-21(20)35(25)22-13-23(32-27(31-22)33-9-11-38-12-10-33)39-19-14-34(15-19)26(37)18-7-5-17(16-36)6-8-18/h1-4,13,17-19,24,36H,5-12,14-16H2. The predicted molar refractivity (Wildman–Crippen MR) is 138 cm³/mol. The molecule has 12 heteroatoms. The number of halogens is 2. The van der Waals surface area contributed by atoms with Crippen LogP contribution in [0.3, 0.4) is 0 Å². The molecule has 3 fully saturated rings. The van der Waals surface area contributed by atoms with E-state index < -0.39 is 12.2 Å². The van der Waals surface area contributed by atoms with Crippen molar-refractivity contribution < 1.29 is 28.2 Å². The number of ether oxygens (including phenoxy) is 2. The summed E-state index contributed by atoms with van der Waals surface area (Å²) in [6, 6.07) is 8.51. The van der Waals surface area contributed by atoms with Gasteiger partial charge in [-0.3, -0.25) is 9.36 Å². The van der Waals surface area contributed by atoms with Crippen molar-refractivity contribution in [1.29, 1.82) is 0 Å². The molecule has 1 aromatic carbocycles. The highest BCUT2D eigenvalue weighted by molar-refractivity contribution is 5.80. The minimum absolute atomic E-state index is 0.00499. The molecule has 0 unspecified atom stereocenters. The summed E-state index contributed by atoms with van der Waals surface area (Å²) in [4.78, 5) is 30.1. The lowest BCUT2D eigenvalue weighted by Gasteiger charge is -2.41. The van der Waals surface area contributed by atoms with Crippen LogP contribution in [0.15, 0.2) is 30.3 Å². The maximum Gasteiger partial charge on any atom is 0.296 e. The second-order valence-electron chi connectivity index (χ2n) is 10.4. The highest BCUT2D eigenvalue weighted by atomic mass is 19.3. The first-order valence-electron chi connectivity index (χ1n) is 13.5. The van der Waals surface area contributed by atoms with Crippen LogP contribution in [0.4, 0.5) is 14.7 Å².